The number of hydrogen-bond donors (Lipinski definition) is 4. The fraction of sp³-hybridized carbons (Fsp3) is 0.312. The summed E-state index contributed by atoms with van der Waals surface area (Å²) in [5, 5.41) is 5.25. The molecule has 2 heterocycles. The molecule has 0 saturated carbocycles. The van der Waals surface area contributed by atoms with Gasteiger partial charge in [-0.2, -0.15) is 0 Å². The van der Waals surface area contributed by atoms with Crippen molar-refractivity contribution in [2.75, 3.05) is 0 Å². The van der Waals surface area contributed by atoms with Gasteiger partial charge in [0.05, 0.1) is 35.2 Å². The molecule has 4 N–H and O–H groups in total. The SMILES string of the molecule is CC(C)(C)OC(=O)NCc1nc2cc(-c3ccc(-c4cc5nc(CNC(=O)OC(C)(C)C)[nH]c5cc4F)cc3)c(F)cc2[nH]1. The first-order valence-corrected chi connectivity index (χ1v) is 14.0. The lowest BCUT2D eigenvalue weighted by Crippen LogP contribution is -2.32. The van der Waals surface area contributed by atoms with Crippen LogP contribution in [0.3, 0.4) is 0 Å². The molecule has 0 aliphatic heterocycles. The molecule has 0 aliphatic carbocycles. The third kappa shape index (κ3) is 7.31. The Bertz CT molecular complexity index is 1710. The Hall–Kier alpha value is -5.00. The average Bonchev–Trinajstić information content (AvgIpc) is 3.50. The molecule has 3 aromatic carbocycles. The molecule has 44 heavy (non-hydrogen) atoms. The molecule has 2 aromatic heterocycles. The number of carbonyl (C=O) groups excluding carboxylic acids is 2. The minimum Gasteiger partial charge on any atom is -0.444 e. The maximum Gasteiger partial charge on any atom is 0.408 e. The van der Waals surface area contributed by atoms with Crippen molar-refractivity contribution >= 4 is 34.3 Å². The van der Waals surface area contributed by atoms with Crippen LogP contribution >= 0.6 is 0 Å². The Labute approximate surface area is 252 Å². The van der Waals surface area contributed by atoms with Crippen LogP contribution in [0.1, 0.15) is 53.2 Å². The molecule has 0 aliphatic rings. The molecule has 0 spiro atoms. The standard InChI is InChI=1S/C32H34F2N6O4/c1-31(2,3)43-29(41)35-15-27-37-23-11-19(21(33)13-25(23)39-27)17-7-9-18(10-8-17)20-12-24-26(14-22(20)34)40-28(38-24)16-36-30(42)44-32(4,5)6/h7-14H,15-16H2,1-6H3,(H,35,41)(H,36,42)(H,37,39)(H,38,40). The first-order chi connectivity index (χ1) is 20.6. The van der Waals surface area contributed by atoms with Gasteiger partial charge in [0, 0.05) is 23.3 Å². The molecule has 0 saturated heterocycles. The van der Waals surface area contributed by atoms with Crippen LogP contribution in [0.15, 0.2) is 48.5 Å². The lowest BCUT2D eigenvalue weighted by Gasteiger charge is -2.19. The van der Waals surface area contributed by atoms with Crippen molar-refractivity contribution in [3.05, 3.63) is 71.8 Å². The summed E-state index contributed by atoms with van der Waals surface area (Å²) >= 11 is 0. The van der Waals surface area contributed by atoms with Gasteiger partial charge in [-0.05, 0) is 64.8 Å². The zero-order valence-electron chi connectivity index (χ0n) is 25.3. The van der Waals surface area contributed by atoms with Crippen molar-refractivity contribution in [2.24, 2.45) is 0 Å². The summed E-state index contributed by atoms with van der Waals surface area (Å²) in [4.78, 5) is 38.9. The average molecular weight is 605 g/mol. The highest BCUT2D eigenvalue weighted by Gasteiger charge is 2.18. The molecule has 2 amide bonds. The first-order valence-electron chi connectivity index (χ1n) is 14.0. The maximum absolute atomic E-state index is 15.1. The number of imidazole rings is 2. The number of nitrogens with zero attached hydrogens (tertiary/aromatic N) is 2. The van der Waals surface area contributed by atoms with Crippen molar-refractivity contribution in [1.29, 1.82) is 0 Å². The van der Waals surface area contributed by atoms with Crippen LogP contribution in [0.5, 0.6) is 0 Å². The molecule has 5 rings (SSSR count). The van der Waals surface area contributed by atoms with Gasteiger partial charge in [-0.15, -0.1) is 0 Å². The number of alkyl carbamates (subject to hydrolysis) is 2. The van der Waals surface area contributed by atoms with E-state index in [2.05, 4.69) is 30.6 Å². The van der Waals surface area contributed by atoms with E-state index < -0.39 is 35.0 Å². The minimum absolute atomic E-state index is 0.0862. The molecule has 10 nitrogen and oxygen atoms in total. The van der Waals surface area contributed by atoms with Crippen LogP contribution in [-0.2, 0) is 22.6 Å². The van der Waals surface area contributed by atoms with E-state index in [1.807, 2.05) is 0 Å². The van der Waals surface area contributed by atoms with Crippen LogP contribution < -0.4 is 10.6 Å². The Kier molecular flexibility index (Phi) is 8.02. The number of carbonyl (C=O) groups is 2. The molecule has 12 heteroatoms. The topological polar surface area (TPSA) is 134 Å². The summed E-state index contributed by atoms with van der Waals surface area (Å²) in [5.74, 6) is -0.0223. The number of fused-ring (bicyclic) bond motifs is 2. The number of benzene rings is 3. The van der Waals surface area contributed by atoms with Crippen molar-refractivity contribution in [1.82, 2.24) is 30.6 Å². The van der Waals surface area contributed by atoms with E-state index in [9.17, 15) is 9.59 Å². The van der Waals surface area contributed by atoms with Gasteiger partial charge in [0.15, 0.2) is 0 Å². The van der Waals surface area contributed by atoms with Crippen LogP contribution in [0.2, 0.25) is 0 Å². The van der Waals surface area contributed by atoms with Crippen molar-refractivity contribution in [3.63, 3.8) is 0 Å². The van der Waals surface area contributed by atoms with Crippen LogP contribution in [0, 0.1) is 11.6 Å². The zero-order chi connectivity index (χ0) is 31.8. The molecular formula is C32H34F2N6O4. The highest BCUT2D eigenvalue weighted by atomic mass is 19.1. The summed E-state index contributed by atoms with van der Waals surface area (Å²) in [6, 6.07) is 12.8. The Morgan fingerprint density at radius 2 is 1.05 bits per heavy atom. The number of nitrogens with one attached hydrogen (secondary N) is 4. The Morgan fingerprint density at radius 1 is 0.682 bits per heavy atom. The second kappa shape index (κ2) is 11.6. The number of rotatable bonds is 6. The van der Waals surface area contributed by atoms with Gasteiger partial charge >= 0.3 is 12.2 Å². The monoisotopic (exact) mass is 604 g/mol. The number of H-pyrrole nitrogens is 2. The van der Waals surface area contributed by atoms with E-state index in [4.69, 9.17) is 9.47 Å². The fourth-order valence-electron chi connectivity index (χ4n) is 4.55. The van der Waals surface area contributed by atoms with Crippen LogP contribution in [0.4, 0.5) is 18.4 Å². The molecule has 0 bridgehead atoms. The lowest BCUT2D eigenvalue weighted by atomic mass is 9.99. The van der Waals surface area contributed by atoms with Gasteiger partial charge in [-0.1, -0.05) is 24.3 Å². The van der Waals surface area contributed by atoms with E-state index in [1.54, 1.807) is 77.9 Å². The van der Waals surface area contributed by atoms with Gasteiger partial charge in [0.1, 0.15) is 34.5 Å². The van der Waals surface area contributed by atoms with Crippen LogP contribution in [-0.4, -0.2) is 43.3 Å². The van der Waals surface area contributed by atoms with Gasteiger partial charge in [-0.3, -0.25) is 0 Å². The number of aromatic amines is 2. The van der Waals surface area contributed by atoms with Crippen LogP contribution in [0.25, 0.3) is 44.3 Å². The number of amides is 2. The van der Waals surface area contributed by atoms with E-state index in [0.29, 0.717) is 56.0 Å². The van der Waals surface area contributed by atoms with Gasteiger partial charge in [-0.25, -0.2) is 28.3 Å². The lowest BCUT2D eigenvalue weighted by molar-refractivity contribution is 0.0511. The summed E-state index contributed by atoms with van der Waals surface area (Å²) in [5.41, 5.74) is 2.58. The van der Waals surface area contributed by atoms with E-state index >= 15 is 8.78 Å². The summed E-state index contributed by atoms with van der Waals surface area (Å²) < 4.78 is 40.7. The Balaban J connectivity index is 1.31. The predicted molar refractivity (Wildman–Crippen MR) is 163 cm³/mol. The molecular weight excluding hydrogens is 570 g/mol. The predicted octanol–water partition coefficient (Wildman–Crippen LogP) is 7.10. The molecule has 0 radical (unpaired) electrons. The summed E-state index contributed by atoms with van der Waals surface area (Å²) in [7, 11) is 0. The summed E-state index contributed by atoms with van der Waals surface area (Å²) in [6.07, 6.45) is -1.16. The highest BCUT2D eigenvalue weighted by Crippen LogP contribution is 2.31. The maximum atomic E-state index is 15.1. The first kappa shape index (κ1) is 30.5. The second-order valence-corrected chi connectivity index (χ2v) is 12.4. The van der Waals surface area contributed by atoms with E-state index in [-0.39, 0.29) is 13.1 Å². The van der Waals surface area contributed by atoms with Crippen molar-refractivity contribution < 1.29 is 27.8 Å². The number of aromatic nitrogens is 4. The highest BCUT2D eigenvalue weighted by molar-refractivity contribution is 5.85. The minimum atomic E-state index is -0.630. The Morgan fingerprint density at radius 3 is 1.39 bits per heavy atom. The summed E-state index contributed by atoms with van der Waals surface area (Å²) in [6.45, 7) is 10.8. The van der Waals surface area contributed by atoms with Gasteiger partial charge < -0.3 is 30.1 Å². The number of hydrogen-bond acceptors (Lipinski definition) is 6. The molecule has 0 atom stereocenters. The van der Waals surface area contributed by atoms with Gasteiger partial charge in [0.25, 0.3) is 0 Å². The largest absolute Gasteiger partial charge is 0.444 e. The molecule has 230 valence electrons. The third-order valence-corrected chi connectivity index (χ3v) is 6.34. The molecule has 5 aromatic rings. The fourth-order valence-corrected chi connectivity index (χ4v) is 4.55. The van der Waals surface area contributed by atoms with E-state index in [1.165, 1.54) is 12.1 Å². The number of halogens is 2. The molecule has 0 unspecified atom stereocenters. The normalized spacial score (nSPS) is 12.0. The third-order valence-electron chi connectivity index (χ3n) is 6.34. The zero-order valence-corrected chi connectivity index (χ0v) is 25.3. The second-order valence-electron chi connectivity index (χ2n) is 12.4. The van der Waals surface area contributed by atoms with Crippen molar-refractivity contribution in [3.8, 4) is 22.3 Å². The molecule has 0 fully saturated rings. The van der Waals surface area contributed by atoms with Crippen molar-refractivity contribution in [2.45, 2.75) is 65.8 Å². The smallest absolute Gasteiger partial charge is 0.408 e. The number of ether oxygens (including phenoxy) is 2. The van der Waals surface area contributed by atoms with E-state index in [0.717, 1.165) is 0 Å². The van der Waals surface area contributed by atoms with Gasteiger partial charge in [0.2, 0.25) is 0 Å². The quantitative estimate of drug-likeness (QED) is 0.163.